The number of aromatic nitrogens is 2. The van der Waals surface area contributed by atoms with Crippen LogP contribution in [0.3, 0.4) is 0 Å². The summed E-state index contributed by atoms with van der Waals surface area (Å²) in [6.07, 6.45) is 1.10. The molecule has 0 aliphatic carbocycles. The monoisotopic (exact) mass is 202 g/mol. The van der Waals surface area contributed by atoms with Crippen LogP contribution in [0.4, 0.5) is 0 Å². The van der Waals surface area contributed by atoms with Crippen molar-refractivity contribution in [3.8, 4) is 0 Å². The molecule has 0 saturated carbocycles. The summed E-state index contributed by atoms with van der Waals surface area (Å²) in [5, 5.41) is 8.49. The molecule has 0 radical (unpaired) electrons. The Morgan fingerprint density at radius 1 is 1.27 bits per heavy atom. The molecule has 0 fully saturated rings. The van der Waals surface area contributed by atoms with E-state index in [1.807, 2.05) is 0 Å². The highest BCUT2D eigenvalue weighted by Crippen LogP contribution is 2.24. The Kier molecular flexibility index (Phi) is 2.29. The molecule has 0 spiro atoms. The van der Waals surface area contributed by atoms with Gasteiger partial charge in [-0.2, -0.15) is 5.10 Å². The van der Waals surface area contributed by atoms with Crippen molar-refractivity contribution < 1.29 is 0 Å². The Balaban J connectivity index is 2.42. The number of benzene rings is 1. The number of hydrogen-bond donors (Lipinski definition) is 1. The number of nitrogens with one attached hydrogen (secondary N) is 1. The van der Waals surface area contributed by atoms with E-state index in [2.05, 4.69) is 56.1 Å². The van der Waals surface area contributed by atoms with E-state index in [4.69, 9.17) is 0 Å². The minimum Gasteiger partial charge on any atom is -0.282 e. The maximum atomic E-state index is 4.23. The minimum absolute atomic E-state index is 0.339. The third kappa shape index (κ3) is 2.20. The molecule has 1 aromatic carbocycles. The number of fused-ring (bicyclic) bond motifs is 1. The van der Waals surface area contributed by atoms with E-state index >= 15 is 0 Å². The van der Waals surface area contributed by atoms with Gasteiger partial charge in [-0.3, -0.25) is 5.10 Å². The Morgan fingerprint density at radius 3 is 2.67 bits per heavy atom. The normalized spacial score (nSPS) is 12.3. The maximum Gasteiger partial charge on any atom is 0.0923 e. The predicted molar refractivity (Wildman–Crippen MR) is 64.0 cm³/mol. The molecular weight excluding hydrogens is 184 g/mol. The van der Waals surface area contributed by atoms with Crippen LogP contribution in [0.25, 0.3) is 10.9 Å². The highest BCUT2D eigenvalue weighted by molar-refractivity contribution is 5.81. The number of H-pyrrole nitrogens is 1. The van der Waals surface area contributed by atoms with Crippen molar-refractivity contribution in [1.29, 1.82) is 0 Å². The lowest BCUT2D eigenvalue weighted by molar-refractivity contribution is 0.411. The van der Waals surface area contributed by atoms with E-state index in [1.54, 1.807) is 0 Å². The lowest BCUT2D eigenvalue weighted by Gasteiger charge is -2.17. The van der Waals surface area contributed by atoms with Gasteiger partial charge in [-0.25, -0.2) is 0 Å². The van der Waals surface area contributed by atoms with Crippen molar-refractivity contribution >= 4 is 10.9 Å². The molecule has 2 rings (SSSR count). The zero-order valence-electron chi connectivity index (χ0n) is 9.89. The summed E-state index contributed by atoms with van der Waals surface area (Å²) < 4.78 is 0. The molecule has 0 atom stereocenters. The van der Waals surface area contributed by atoms with Gasteiger partial charge in [0.15, 0.2) is 0 Å². The lowest BCUT2D eigenvalue weighted by Crippen LogP contribution is -2.08. The molecule has 1 N–H and O–H groups in total. The Bertz CT molecular complexity index is 475. The summed E-state index contributed by atoms with van der Waals surface area (Å²) in [5.41, 5.74) is 3.94. The summed E-state index contributed by atoms with van der Waals surface area (Å²) in [5.74, 6) is 0. The molecule has 80 valence electrons. The zero-order valence-corrected chi connectivity index (χ0v) is 9.89. The molecule has 1 aromatic heterocycles. The van der Waals surface area contributed by atoms with Crippen LogP contribution in [0, 0.1) is 12.3 Å². The molecule has 0 amide bonds. The van der Waals surface area contributed by atoms with E-state index in [-0.39, 0.29) is 0 Å². The topological polar surface area (TPSA) is 28.7 Å². The molecular formula is C13H18N2. The Hall–Kier alpha value is -1.31. The van der Waals surface area contributed by atoms with Gasteiger partial charge in [-0.15, -0.1) is 0 Å². The number of nitrogens with zero attached hydrogens (tertiary/aromatic N) is 1. The van der Waals surface area contributed by atoms with Gasteiger partial charge in [0.05, 0.1) is 5.52 Å². The molecule has 2 aromatic rings. The Labute approximate surface area is 90.7 Å². The fourth-order valence-corrected chi connectivity index (χ4v) is 1.91. The van der Waals surface area contributed by atoms with Crippen LogP contribution < -0.4 is 0 Å². The van der Waals surface area contributed by atoms with E-state index in [0.29, 0.717) is 5.41 Å². The maximum absolute atomic E-state index is 4.23. The van der Waals surface area contributed by atoms with Gasteiger partial charge in [0.2, 0.25) is 0 Å². The summed E-state index contributed by atoms with van der Waals surface area (Å²) >= 11 is 0. The first-order valence-electron chi connectivity index (χ1n) is 5.39. The minimum atomic E-state index is 0.339. The van der Waals surface area contributed by atoms with Crippen LogP contribution in [0.2, 0.25) is 0 Å². The Morgan fingerprint density at radius 2 is 2.00 bits per heavy atom. The van der Waals surface area contributed by atoms with Gasteiger partial charge in [0.1, 0.15) is 0 Å². The molecule has 15 heavy (non-hydrogen) atoms. The summed E-state index contributed by atoms with van der Waals surface area (Å²) in [7, 11) is 0. The number of aromatic amines is 1. The van der Waals surface area contributed by atoms with Gasteiger partial charge >= 0.3 is 0 Å². The van der Waals surface area contributed by atoms with Crippen LogP contribution in [-0.4, -0.2) is 10.2 Å². The predicted octanol–water partition coefficient (Wildman–Crippen LogP) is 3.46. The van der Waals surface area contributed by atoms with Gasteiger partial charge in [0.25, 0.3) is 0 Å². The third-order valence-corrected chi connectivity index (χ3v) is 2.54. The number of hydrogen-bond acceptors (Lipinski definition) is 1. The van der Waals surface area contributed by atoms with Crippen molar-refractivity contribution in [2.24, 2.45) is 5.41 Å². The lowest BCUT2D eigenvalue weighted by atomic mass is 9.88. The zero-order chi connectivity index (χ0) is 11.1. The highest BCUT2D eigenvalue weighted by atomic mass is 15.1. The molecule has 2 nitrogen and oxygen atoms in total. The van der Waals surface area contributed by atoms with Crippen LogP contribution in [0.15, 0.2) is 18.2 Å². The fourth-order valence-electron chi connectivity index (χ4n) is 1.91. The van der Waals surface area contributed by atoms with Gasteiger partial charge < -0.3 is 0 Å². The van der Waals surface area contributed by atoms with Crippen LogP contribution in [0.5, 0.6) is 0 Å². The molecule has 2 heteroatoms. The van der Waals surface area contributed by atoms with Gasteiger partial charge in [0, 0.05) is 11.1 Å². The smallest absolute Gasteiger partial charge is 0.0923 e. The van der Waals surface area contributed by atoms with Crippen molar-refractivity contribution in [2.75, 3.05) is 0 Å². The van der Waals surface area contributed by atoms with Crippen LogP contribution in [0.1, 0.15) is 32.0 Å². The molecule has 0 aliphatic rings. The van der Waals surface area contributed by atoms with Gasteiger partial charge in [-0.05, 0) is 36.5 Å². The van der Waals surface area contributed by atoms with Crippen molar-refractivity contribution in [1.82, 2.24) is 10.2 Å². The van der Waals surface area contributed by atoms with E-state index in [9.17, 15) is 0 Å². The summed E-state index contributed by atoms with van der Waals surface area (Å²) in [6.45, 7) is 8.86. The molecule has 0 aliphatic heterocycles. The molecule has 0 bridgehead atoms. The largest absolute Gasteiger partial charge is 0.282 e. The second-order valence-corrected chi connectivity index (χ2v) is 5.44. The molecule has 0 saturated heterocycles. The van der Waals surface area contributed by atoms with E-state index in [0.717, 1.165) is 17.6 Å². The van der Waals surface area contributed by atoms with Crippen molar-refractivity contribution in [3.63, 3.8) is 0 Å². The van der Waals surface area contributed by atoms with Crippen molar-refractivity contribution in [2.45, 2.75) is 34.1 Å². The van der Waals surface area contributed by atoms with Crippen LogP contribution in [-0.2, 0) is 6.42 Å². The standard InChI is InChI=1S/C13H18N2/c1-9-11-7-10(8-13(2,3)4)5-6-12(11)15-14-9/h5-7H,8H2,1-4H3,(H,14,15). The quantitative estimate of drug-likeness (QED) is 0.753. The van der Waals surface area contributed by atoms with E-state index in [1.165, 1.54) is 10.9 Å². The third-order valence-electron chi connectivity index (χ3n) is 2.54. The molecule has 1 heterocycles. The van der Waals surface area contributed by atoms with Crippen molar-refractivity contribution in [3.05, 3.63) is 29.5 Å². The average molecular weight is 202 g/mol. The fraction of sp³-hybridized carbons (Fsp3) is 0.462. The average Bonchev–Trinajstić information content (AvgIpc) is 2.45. The molecule has 0 unspecified atom stereocenters. The first-order chi connectivity index (χ1) is 6.96. The summed E-state index contributed by atoms with van der Waals surface area (Å²) in [6, 6.07) is 6.52. The SMILES string of the molecule is Cc1[nH]nc2ccc(CC(C)(C)C)cc12. The second-order valence-electron chi connectivity index (χ2n) is 5.44. The first kappa shape index (κ1) is 10.2. The van der Waals surface area contributed by atoms with Gasteiger partial charge in [-0.1, -0.05) is 26.8 Å². The van der Waals surface area contributed by atoms with E-state index < -0.39 is 0 Å². The second kappa shape index (κ2) is 3.37. The summed E-state index contributed by atoms with van der Waals surface area (Å²) in [4.78, 5) is 0. The highest BCUT2D eigenvalue weighted by Gasteiger charge is 2.12. The first-order valence-corrected chi connectivity index (χ1v) is 5.39. The van der Waals surface area contributed by atoms with Crippen LogP contribution >= 0.6 is 0 Å². The number of aryl methyl sites for hydroxylation is 1. The number of rotatable bonds is 1.